The minimum atomic E-state index is -2.13. The van der Waals surface area contributed by atoms with E-state index in [9.17, 15) is 13.2 Å². The van der Waals surface area contributed by atoms with Crippen LogP contribution in [0.15, 0.2) is 6.07 Å². The summed E-state index contributed by atoms with van der Waals surface area (Å²) < 4.78 is 42.5. The third kappa shape index (κ3) is 1.68. The third-order valence-corrected chi connectivity index (χ3v) is 1.63. The molecule has 0 atom stereocenters. The van der Waals surface area contributed by atoms with Crippen molar-refractivity contribution in [2.24, 2.45) is 0 Å². The van der Waals surface area contributed by atoms with Crippen molar-refractivity contribution in [3.63, 3.8) is 0 Å². The summed E-state index contributed by atoms with van der Waals surface area (Å²) >= 11 is 0. The molecule has 0 bridgehead atoms. The van der Waals surface area contributed by atoms with Crippen LogP contribution in [0, 0.1) is 17.5 Å². The van der Waals surface area contributed by atoms with Crippen molar-refractivity contribution >= 4 is 12.6 Å². The SMILES string of the molecule is COc1c(B(O)O)cc(F)c(F)c1F. The van der Waals surface area contributed by atoms with E-state index in [1.165, 1.54) is 0 Å². The monoisotopic (exact) mass is 206 g/mol. The maximum atomic E-state index is 12.9. The maximum Gasteiger partial charge on any atom is 0.492 e. The molecule has 0 aliphatic carbocycles. The summed E-state index contributed by atoms with van der Waals surface area (Å²) in [5.41, 5.74) is -0.566. The first kappa shape index (κ1) is 10.9. The molecule has 0 aliphatic heterocycles. The second kappa shape index (κ2) is 3.89. The number of methoxy groups -OCH3 is 1. The van der Waals surface area contributed by atoms with Gasteiger partial charge in [0.2, 0.25) is 5.82 Å². The van der Waals surface area contributed by atoms with Crippen molar-refractivity contribution < 1.29 is 28.0 Å². The van der Waals surface area contributed by atoms with E-state index in [2.05, 4.69) is 4.74 Å². The van der Waals surface area contributed by atoms with Gasteiger partial charge in [0.05, 0.1) is 7.11 Å². The molecular formula is C7H6BF3O3. The first-order valence-electron chi connectivity index (χ1n) is 3.56. The molecule has 0 aromatic heterocycles. The summed E-state index contributed by atoms with van der Waals surface area (Å²) in [7, 11) is -1.13. The predicted molar refractivity (Wildman–Crippen MR) is 42.7 cm³/mol. The predicted octanol–water partition coefficient (Wildman–Crippen LogP) is -0.208. The van der Waals surface area contributed by atoms with Gasteiger partial charge in [0, 0.05) is 5.46 Å². The molecule has 1 aromatic rings. The van der Waals surface area contributed by atoms with Crippen molar-refractivity contribution in [3.05, 3.63) is 23.5 Å². The molecule has 0 amide bonds. The highest BCUT2D eigenvalue weighted by molar-refractivity contribution is 6.59. The lowest BCUT2D eigenvalue weighted by atomic mass is 9.79. The van der Waals surface area contributed by atoms with E-state index in [1.54, 1.807) is 0 Å². The van der Waals surface area contributed by atoms with Crippen molar-refractivity contribution in [2.75, 3.05) is 7.11 Å². The highest BCUT2D eigenvalue weighted by Gasteiger charge is 2.25. The van der Waals surface area contributed by atoms with Gasteiger partial charge < -0.3 is 14.8 Å². The van der Waals surface area contributed by atoms with Gasteiger partial charge in [-0.1, -0.05) is 0 Å². The van der Waals surface area contributed by atoms with Crippen molar-refractivity contribution in [1.82, 2.24) is 0 Å². The Balaban J connectivity index is 3.43. The highest BCUT2D eigenvalue weighted by Crippen LogP contribution is 2.19. The maximum absolute atomic E-state index is 12.9. The Bertz CT molecular complexity index is 357. The van der Waals surface area contributed by atoms with Gasteiger partial charge in [-0.25, -0.2) is 8.78 Å². The second-order valence-electron chi connectivity index (χ2n) is 2.48. The largest absolute Gasteiger partial charge is 0.494 e. The molecule has 0 fully saturated rings. The van der Waals surface area contributed by atoms with E-state index in [-0.39, 0.29) is 0 Å². The van der Waals surface area contributed by atoms with Crippen LogP contribution in [0.2, 0.25) is 0 Å². The van der Waals surface area contributed by atoms with Crippen LogP contribution in [-0.4, -0.2) is 24.3 Å². The molecule has 0 saturated heterocycles. The average Bonchev–Trinajstić information content (AvgIpc) is 2.13. The lowest BCUT2D eigenvalue weighted by Crippen LogP contribution is -2.32. The summed E-state index contributed by atoms with van der Waals surface area (Å²) in [5, 5.41) is 17.4. The summed E-state index contributed by atoms with van der Waals surface area (Å²) in [5.74, 6) is -5.54. The van der Waals surface area contributed by atoms with E-state index >= 15 is 0 Å². The number of hydrogen-bond donors (Lipinski definition) is 2. The molecule has 14 heavy (non-hydrogen) atoms. The first-order chi connectivity index (χ1) is 6.49. The van der Waals surface area contributed by atoms with Gasteiger partial charge >= 0.3 is 7.12 Å². The molecule has 0 aliphatic rings. The van der Waals surface area contributed by atoms with Gasteiger partial charge in [0.15, 0.2) is 17.4 Å². The number of rotatable bonds is 2. The van der Waals surface area contributed by atoms with Gasteiger partial charge in [-0.05, 0) is 6.07 Å². The average molecular weight is 206 g/mol. The van der Waals surface area contributed by atoms with Crippen molar-refractivity contribution in [2.45, 2.75) is 0 Å². The van der Waals surface area contributed by atoms with Crippen LogP contribution in [0.1, 0.15) is 0 Å². The molecule has 0 radical (unpaired) electrons. The molecule has 1 rings (SSSR count). The van der Waals surface area contributed by atoms with E-state index in [1.807, 2.05) is 0 Å². The number of ether oxygens (including phenoxy) is 1. The lowest BCUT2D eigenvalue weighted by molar-refractivity contribution is 0.358. The minimum absolute atomic E-state index is 0.460. The van der Waals surface area contributed by atoms with Gasteiger partial charge in [0.25, 0.3) is 0 Å². The fraction of sp³-hybridized carbons (Fsp3) is 0.143. The highest BCUT2D eigenvalue weighted by atomic mass is 19.2. The lowest BCUT2D eigenvalue weighted by Gasteiger charge is -2.09. The van der Waals surface area contributed by atoms with Gasteiger partial charge in [-0.15, -0.1) is 0 Å². The molecule has 0 saturated carbocycles. The Labute approximate surface area is 77.9 Å². The molecule has 2 N–H and O–H groups in total. The van der Waals surface area contributed by atoms with Gasteiger partial charge in [-0.2, -0.15) is 4.39 Å². The van der Waals surface area contributed by atoms with Crippen LogP contribution >= 0.6 is 0 Å². The van der Waals surface area contributed by atoms with Crippen molar-refractivity contribution in [3.8, 4) is 5.75 Å². The Morgan fingerprint density at radius 3 is 2.21 bits per heavy atom. The van der Waals surface area contributed by atoms with E-state index in [0.717, 1.165) is 7.11 Å². The van der Waals surface area contributed by atoms with E-state index in [0.29, 0.717) is 6.07 Å². The van der Waals surface area contributed by atoms with Crippen LogP contribution in [-0.2, 0) is 0 Å². The van der Waals surface area contributed by atoms with Crippen molar-refractivity contribution in [1.29, 1.82) is 0 Å². The molecule has 1 aromatic carbocycles. The summed E-state index contributed by atoms with van der Waals surface area (Å²) in [6, 6.07) is 0.460. The van der Waals surface area contributed by atoms with Crippen LogP contribution < -0.4 is 10.2 Å². The van der Waals surface area contributed by atoms with E-state index in [4.69, 9.17) is 10.0 Å². The van der Waals surface area contributed by atoms with E-state index < -0.39 is 35.8 Å². The fourth-order valence-electron chi connectivity index (χ4n) is 0.996. The quantitative estimate of drug-likeness (QED) is 0.520. The Morgan fingerprint density at radius 1 is 1.21 bits per heavy atom. The number of halogens is 3. The molecule has 76 valence electrons. The third-order valence-electron chi connectivity index (χ3n) is 1.63. The zero-order chi connectivity index (χ0) is 10.9. The topological polar surface area (TPSA) is 49.7 Å². The Morgan fingerprint density at radius 2 is 1.79 bits per heavy atom. The zero-order valence-corrected chi connectivity index (χ0v) is 7.09. The fourth-order valence-corrected chi connectivity index (χ4v) is 0.996. The Hall–Kier alpha value is -1.21. The van der Waals surface area contributed by atoms with Crippen LogP contribution in [0.4, 0.5) is 13.2 Å². The molecule has 0 unspecified atom stereocenters. The Kier molecular flexibility index (Phi) is 3.02. The van der Waals surface area contributed by atoms with Crippen LogP contribution in [0.3, 0.4) is 0 Å². The summed E-state index contributed by atoms with van der Waals surface area (Å²) in [6.45, 7) is 0. The molecular weight excluding hydrogens is 200 g/mol. The molecule has 7 heteroatoms. The smallest absolute Gasteiger partial charge is 0.492 e. The second-order valence-corrected chi connectivity index (χ2v) is 2.48. The van der Waals surface area contributed by atoms with Crippen LogP contribution in [0.5, 0.6) is 5.75 Å². The zero-order valence-electron chi connectivity index (χ0n) is 7.09. The molecule has 0 heterocycles. The van der Waals surface area contributed by atoms with Gasteiger partial charge in [-0.3, -0.25) is 0 Å². The summed E-state index contributed by atoms with van der Waals surface area (Å²) in [4.78, 5) is 0. The normalized spacial score (nSPS) is 10.1. The van der Waals surface area contributed by atoms with Crippen LogP contribution in [0.25, 0.3) is 0 Å². The number of hydrogen-bond acceptors (Lipinski definition) is 3. The summed E-state index contributed by atoms with van der Waals surface area (Å²) in [6.07, 6.45) is 0. The first-order valence-corrected chi connectivity index (χ1v) is 3.56. The number of benzene rings is 1. The molecule has 0 spiro atoms. The standard InChI is InChI=1S/C7H6BF3O3/c1-14-7-3(8(12)13)2-4(9)5(10)6(7)11/h2,12-13H,1H3. The minimum Gasteiger partial charge on any atom is -0.494 e. The van der Waals surface area contributed by atoms with Gasteiger partial charge in [0.1, 0.15) is 0 Å². The molecule has 3 nitrogen and oxygen atoms in total.